The number of aromatic hydroxyl groups is 1. The van der Waals surface area contributed by atoms with Crippen molar-refractivity contribution in [3.8, 4) is 11.5 Å². The topological polar surface area (TPSA) is 46.5 Å². The number of benzene rings is 1. The van der Waals surface area contributed by atoms with E-state index in [2.05, 4.69) is 31.9 Å². The van der Waals surface area contributed by atoms with Crippen LogP contribution in [0.25, 0.3) is 6.08 Å². The lowest BCUT2D eigenvalue weighted by Gasteiger charge is -2.11. The molecule has 1 rings (SSSR count). The highest BCUT2D eigenvalue weighted by Crippen LogP contribution is 2.41. The Morgan fingerprint density at radius 2 is 2.18 bits per heavy atom. The Labute approximate surface area is 117 Å². The summed E-state index contributed by atoms with van der Waals surface area (Å²) in [4.78, 5) is 10.6. The van der Waals surface area contributed by atoms with Crippen LogP contribution in [0, 0.1) is 0 Å². The molecule has 0 heterocycles. The Hall–Kier alpha value is -0.810. The van der Waals surface area contributed by atoms with Gasteiger partial charge in [0.2, 0.25) is 0 Å². The Bertz CT molecular complexity index is 467. The molecule has 0 aliphatic rings. The number of aldehydes is 1. The average molecular weight is 364 g/mol. The van der Waals surface area contributed by atoms with E-state index < -0.39 is 0 Å². The van der Waals surface area contributed by atoms with Crippen LogP contribution in [0.15, 0.2) is 20.6 Å². The summed E-state index contributed by atoms with van der Waals surface area (Å²) < 4.78 is 6.74. The maximum Gasteiger partial charge on any atom is 0.166 e. The molecule has 0 aliphatic carbocycles. The zero-order valence-electron chi connectivity index (χ0n) is 9.46. The maximum absolute atomic E-state index is 10.6. The summed E-state index contributed by atoms with van der Waals surface area (Å²) in [6.07, 6.45) is 2.33. The van der Waals surface area contributed by atoms with Crippen LogP contribution in [-0.2, 0) is 4.79 Å². The summed E-state index contributed by atoms with van der Waals surface area (Å²) in [5.74, 6) is 0.399. The zero-order valence-corrected chi connectivity index (χ0v) is 12.6. The lowest BCUT2D eigenvalue weighted by Crippen LogP contribution is -1.94. The van der Waals surface area contributed by atoms with Crippen LogP contribution in [0.2, 0.25) is 0 Å². The molecule has 0 aromatic heterocycles. The lowest BCUT2D eigenvalue weighted by molar-refractivity contribution is -0.104. The minimum atomic E-state index is 0.0168. The number of phenolic OH excluding ortho intramolecular Hbond substituents is 1. The molecule has 0 aliphatic heterocycles. The van der Waals surface area contributed by atoms with Crippen molar-refractivity contribution in [1.29, 1.82) is 0 Å². The predicted octanol–water partition coefficient (Wildman–Crippen LogP) is 3.92. The summed E-state index contributed by atoms with van der Waals surface area (Å²) in [7, 11) is 0. The molecular weight excluding hydrogens is 352 g/mol. The molecular formula is C12H12Br2O3. The molecule has 0 atom stereocenters. The van der Waals surface area contributed by atoms with Crippen LogP contribution >= 0.6 is 31.9 Å². The molecule has 1 N–H and O–H groups in total. The van der Waals surface area contributed by atoms with Gasteiger partial charge in [0.1, 0.15) is 6.29 Å². The van der Waals surface area contributed by atoms with Crippen molar-refractivity contribution >= 4 is 44.2 Å². The molecule has 0 bridgehead atoms. The molecule has 92 valence electrons. The highest BCUT2D eigenvalue weighted by Gasteiger charge is 2.14. The van der Waals surface area contributed by atoms with Gasteiger partial charge in [-0.05, 0) is 63.4 Å². The number of allylic oxidation sites excluding steroid dienone is 1. The fourth-order valence-electron chi connectivity index (χ4n) is 1.27. The Morgan fingerprint density at radius 3 is 2.71 bits per heavy atom. The molecule has 0 saturated heterocycles. The van der Waals surface area contributed by atoms with Crippen molar-refractivity contribution < 1.29 is 14.6 Å². The van der Waals surface area contributed by atoms with Gasteiger partial charge in [-0.1, -0.05) is 0 Å². The van der Waals surface area contributed by atoms with Gasteiger partial charge in [0.25, 0.3) is 0 Å². The van der Waals surface area contributed by atoms with E-state index in [1.165, 1.54) is 0 Å². The Kier molecular flexibility index (Phi) is 5.21. The van der Waals surface area contributed by atoms with Crippen LogP contribution in [0.5, 0.6) is 11.5 Å². The predicted molar refractivity (Wildman–Crippen MR) is 74.4 cm³/mol. The van der Waals surface area contributed by atoms with E-state index >= 15 is 0 Å². The number of hydrogen-bond acceptors (Lipinski definition) is 3. The van der Waals surface area contributed by atoms with E-state index in [-0.39, 0.29) is 5.75 Å². The monoisotopic (exact) mass is 362 g/mol. The first-order valence-electron chi connectivity index (χ1n) is 4.98. The largest absolute Gasteiger partial charge is 0.504 e. The quantitative estimate of drug-likeness (QED) is 0.651. The number of ether oxygens (including phenoxy) is 1. The maximum atomic E-state index is 10.6. The van der Waals surface area contributed by atoms with Gasteiger partial charge in [-0.3, -0.25) is 4.79 Å². The number of hydrogen-bond donors (Lipinski definition) is 1. The minimum Gasteiger partial charge on any atom is -0.504 e. The normalized spacial score (nSPS) is 11.4. The molecule has 0 fully saturated rings. The standard InChI is InChI=1S/C12H12Br2O3/c1-3-17-10-5-9(13)11(14)8(12(10)16)4-7(2)6-15/h4-6,16H,3H2,1-2H3/b7-4-. The number of halogens is 2. The molecule has 1 aromatic rings. The van der Waals surface area contributed by atoms with Crippen molar-refractivity contribution in [2.24, 2.45) is 0 Å². The van der Waals surface area contributed by atoms with Crippen LogP contribution in [0.3, 0.4) is 0 Å². The second-order valence-corrected chi connectivity index (χ2v) is 5.02. The first-order chi connectivity index (χ1) is 8.01. The van der Waals surface area contributed by atoms with E-state index in [1.54, 1.807) is 19.1 Å². The first kappa shape index (κ1) is 14.3. The van der Waals surface area contributed by atoms with Gasteiger partial charge in [0, 0.05) is 14.5 Å². The van der Waals surface area contributed by atoms with Gasteiger partial charge < -0.3 is 9.84 Å². The van der Waals surface area contributed by atoms with Gasteiger partial charge >= 0.3 is 0 Å². The molecule has 5 heteroatoms. The molecule has 1 aromatic carbocycles. The van der Waals surface area contributed by atoms with Gasteiger partial charge in [-0.2, -0.15) is 0 Å². The Morgan fingerprint density at radius 1 is 1.53 bits per heavy atom. The number of carbonyl (C=O) groups is 1. The molecule has 3 nitrogen and oxygen atoms in total. The zero-order chi connectivity index (χ0) is 13.0. The van der Waals surface area contributed by atoms with Gasteiger partial charge in [-0.15, -0.1) is 0 Å². The van der Waals surface area contributed by atoms with Crippen molar-refractivity contribution in [2.45, 2.75) is 13.8 Å². The third kappa shape index (κ3) is 3.33. The van der Waals surface area contributed by atoms with Gasteiger partial charge in [0.05, 0.1) is 6.61 Å². The molecule has 0 spiro atoms. The van der Waals surface area contributed by atoms with Crippen molar-refractivity contribution in [3.05, 3.63) is 26.1 Å². The SMILES string of the molecule is CCOc1cc(Br)c(Br)c(/C=C(/C)C=O)c1O. The van der Waals surface area contributed by atoms with E-state index in [4.69, 9.17) is 4.74 Å². The second-order valence-electron chi connectivity index (χ2n) is 3.37. The number of carbonyl (C=O) groups excluding carboxylic acids is 1. The van der Waals surface area contributed by atoms with E-state index in [0.29, 0.717) is 28.0 Å². The van der Waals surface area contributed by atoms with Gasteiger partial charge in [-0.25, -0.2) is 0 Å². The Balaban J connectivity index is 3.41. The van der Waals surface area contributed by atoms with Crippen LogP contribution in [0.1, 0.15) is 19.4 Å². The van der Waals surface area contributed by atoms with Crippen molar-refractivity contribution in [3.63, 3.8) is 0 Å². The average Bonchev–Trinajstić information content (AvgIpc) is 2.31. The molecule has 0 unspecified atom stereocenters. The van der Waals surface area contributed by atoms with E-state index in [1.807, 2.05) is 6.92 Å². The fraction of sp³-hybridized carbons (Fsp3) is 0.250. The highest BCUT2D eigenvalue weighted by atomic mass is 79.9. The van der Waals surface area contributed by atoms with Gasteiger partial charge in [0.15, 0.2) is 11.5 Å². The van der Waals surface area contributed by atoms with E-state index in [0.717, 1.165) is 10.8 Å². The van der Waals surface area contributed by atoms with Crippen LogP contribution in [0.4, 0.5) is 0 Å². The fourth-order valence-corrected chi connectivity index (χ4v) is 2.11. The number of phenols is 1. The highest BCUT2D eigenvalue weighted by molar-refractivity contribution is 9.13. The van der Waals surface area contributed by atoms with Crippen LogP contribution in [-0.4, -0.2) is 18.0 Å². The third-order valence-corrected chi connectivity index (χ3v) is 4.06. The molecule has 0 amide bonds. The smallest absolute Gasteiger partial charge is 0.166 e. The second kappa shape index (κ2) is 6.21. The molecule has 0 radical (unpaired) electrons. The van der Waals surface area contributed by atoms with Crippen molar-refractivity contribution in [2.75, 3.05) is 6.61 Å². The minimum absolute atomic E-state index is 0.0168. The van der Waals surface area contributed by atoms with E-state index in [9.17, 15) is 9.90 Å². The summed E-state index contributed by atoms with van der Waals surface area (Å²) in [5.41, 5.74) is 1.04. The number of rotatable bonds is 4. The summed E-state index contributed by atoms with van der Waals surface area (Å²) >= 11 is 6.71. The summed E-state index contributed by atoms with van der Waals surface area (Å²) in [5, 5.41) is 10.0. The molecule has 17 heavy (non-hydrogen) atoms. The van der Waals surface area contributed by atoms with Crippen LogP contribution < -0.4 is 4.74 Å². The summed E-state index contributed by atoms with van der Waals surface area (Å²) in [6.45, 7) is 3.96. The molecule has 0 saturated carbocycles. The third-order valence-electron chi connectivity index (χ3n) is 2.05. The lowest BCUT2D eigenvalue weighted by atomic mass is 10.1. The first-order valence-corrected chi connectivity index (χ1v) is 6.57. The van der Waals surface area contributed by atoms with Crippen molar-refractivity contribution in [1.82, 2.24) is 0 Å². The summed E-state index contributed by atoms with van der Waals surface area (Å²) in [6, 6.07) is 1.68.